The summed E-state index contributed by atoms with van der Waals surface area (Å²) in [5.74, 6) is 0.293. The van der Waals surface area contributed by atoms with Gasteiger partial charge in [0.1, 0.15) is 0 Å². The van der Waals surface area contributed by atoms with Gasteiger partial charge >= 0.3 is 0 Å². The molecule has 0 aliphatic carbocycles. The van der Waals surface area contributed by atoms with Gasteiger partial charge in [-0.1, -0.05) is 56.3 Å². The molecular weight excluding hydrogens is 396 g/mol. The molecule has 1 aliphatic rings. The van der Waals surface area contributed by atoms with Crippen molar-refractivity contribution in [2.45, 2.75) is 50.3 Å². The minimum absolute atomic E-state index is 0.0430. The zero-order valence-electron chi connectivity index (χ0n) is 17.9. The summed E-state index contributed by atoms with van der Waals surface area (Å²) in [4.78, 5) is 12.8. The summed E-state index contributed by atoms with van der Waals surface area (Å²) in [5, 5.41) is 3.02. The number of rotatable bonds is 8. The van der Waals surface area contributed by atoms with E-state index in [4.69, 9.17) is 0 Å². The van der Waals surface area contributed by atoms with Crippen molar-refractivity contribution in [2.75, 3.05) is 19.6 Å². The third-order valence-electron chi connectivity index (χ3n) is 5.79. The van der Waals surface area contributed by atoms with Crippen LogP contribution in [-0.2, 0) is 21.2 Å². The standard InChI is InChI=1S/C24H32N2O3S/c1-19(2)21-10-12-23(13-11-21)30(28,29)26-17-14-22(15-18-26)24(27)25-16-6-9-20-7-4-3-5-8-20/h3-5,7-8,10-13,19,22H,6,9,14-18H2,1-2H3,(H,25,27). The summed E-state index contributed by atoms with van der Waals surface area (Å²) in [7, 11) is -3.50. The van der Waals surface area contributed by atoms with E-state index in [9.17, 15) is 13.2 Å². The summed E-state index contributed by atoms with van der Waals surface area (Å²) in [6, 6.07) is 17.4. The van der Waals surface area contributed by atoms with E-state index >= 15 is 0 Å². The average Bonchev–Trinajstić information content (AvgIpc) is 2.77. The number of nitrogens with one attached hydrogen (secondary N) is 1. The molecule has 30 heavy (non-hydrogen) atoms. The van der Waals surface area contributed by atoms with Gasteiger partial charge in [-0.25, -0.2) is 8.42 Å². The monoisotopic (exact) mass is 428 g/mol. The number of hydrogen-bond acceptors (Lipinski definition) is 3. The summed E-state index contributed by atoms with van der Waals surface area (Å²) in [6.07, 6.45) is 2.96. The van der Waals surface area contributed by atoms with Gasteiger partial charge in [0.15, 0.2) is 0 Å². The highest BCUT2D eigenvalue weighted by Crippen LogP contribution is 2.25. The first kappa shape index (κ1) is 22.5. The van der Waals surface area contributed by atoms with Crippen LogP contribution in [0.25, 0.3) is 0 Å². The molecule has 0 spiro atoms. The van der Waals surface area contributed by atoms with Gasteiger partial charge in [0.25, 0.3) is 0 Å². The normalized spacial score (nSPS) is 16.0. The zero-order chi connectivity index (χ0) is 21.6. The Balaban J connectivity index is 1.45. The van der Waals surface area contributed by atoms with Crippen molar-refractivity contribution >= 4 is 15.9 Å². The number of benzene rings is 2. The molecule has 1 saturated heterocycles. The van der Waals surface area contributed by atoms with Gasteiger partial charge < -0.3 is 5.32 Å². The van der Waals surface area contributed by atoms with Crippen LogP contribution >= 0.6 is 0 Å². The molecule has 1 aliphatic heterocycles. The highest BCUT2D eigenvalue weighted by molar-refractivity contribution is 7.89. The first-order valence-electron chi connectivity index (χ1n) is 10.8. The minimum atomic E-state index is -3.50. The first-order valence-corrected chi connectivity index (χ1v) is 12.2. The molecule has 0 aromatic heterocycles. The molecule has 2 aromatic carbocycles. The van der Waals surface area contributed by atoms with E-state index in [2.05, 4.69) is 31.3 Å². The maximum atomic E-state index is 12.9. The number of amides is 1. The van der Waals surface area contributed by atoms with Gasteiger partial charge in [-0.15, -0.1) is 0 Å². The van der Waals surface area contributed by atoms with Crippen LogP contribution in [0, 0.1) is 5.92 Å². The Morgan fingerprint density at radius 2 is 1.67 bits per heavy atom. The maximum absolute atomic E-state index is 12.9. The number of nitrogens with zero attached hydrogens (tertiary/aromatic N) is 1. The Morgan fingerprint density at radius 1 is 1.03 bits per heavy atom. The third kappa shape index (κ3) is 5.70. The summed E-state index contributed by atoms with van der Waals surface area (Å²) in [6.45, 7) is 5.59. The lowest BCUT2D eigenvalue weighted by Crippen LogP contribution is -2.43. The molecule has 0 radical (unpaired) electrons. The number of piperidine rings is 1. The van der Waals surface area contributed by atoms with E-state index < -0.39 is 10.0 Å². The Bertz CT molecular complexity index is 917. The zero-order valence-corrected chi connectivity index (χ0v) is 18.7. The van der Waals surface area contributed by atoms with Gasteiger partial charge in [0.05, 0.1) is 4.90 Å². The van der Waals surface area contributed by atoms with E-state index in [-0.39, 0.29) is 11.8 Å². The van der Waals surface area contributed by atoms with Crippen LogP contribution in [0.5, 0.6) is 0 Å². The summed E-state index contributed by atoms with van der Waals surface area (Å²) in [5.41, 5.74) is 2.39. The number of carbonyl (C=O) groups is 1. The number of hydrogen-bond donors (Lipinski definition) is 1. The van der Waals surface area contributed by atoms with E-state index in [1.807, 2.05) is 30.3 Å². The molecule has 0 unspecified atom stereocenters. The molecule has 0 atom stereocenters. The molecule has 6 heteroatoms. The highest BCUT2D eigenvalue weighted by Gasteiger charge is 2.31. The fourth-order valence-electron chi connectivity index (χ4n) is 3.83. The number of aryl methyl sites for hydroxylation is 1. The topological polar surface area (TPSA) is 66.5 Å². The van der Waals surface area contributed by atoms with Crippen LogP contribution in [-0.4, -0.2) is 38.3 Å². The van der Waals surface area contributed by atoms with E-state index in [0.29, 0.717) is 43.3 Å². The van der Waals surface area contributed by atoms with Crippen molar-refractivity contribution in [3.63, 3.8) is 0 Å². The lowest BCUT2D eigenvalue weighted by Gasteiger charge is -2.30. The number of sulfonamides is 1. The molecule has 1 fully saturated rings. The van der Waals surface area contributed by atoms with E-state index in [1.54, 1.807) is 12.1 Å². The van der Waals surface area contributed by atoms with Crippen LogP contribution in [0.3, 0.4) is 0 Å². The predicted octanol–water partition coefficient (Wildman–Crippen LogP) is 3.96. The van der Waals surface area contributed by atoms with Crippen LogP contribution in [0.15, 0.2) is 59.5 Å². The van der Waals surface area contributed by atoms with Gasteiger partial charge in [0, 0.05) is 25.6 Å². The molecular formula is C24H32N2O3S. The molecule has 0 bridgehead atoms. The van der Waals surface area contributed by atoms with Crippen molar-refractivity contribution in [2.24, 2.45) is 5.92 Å². The van der Waals surface area contributed by atoms with Crippen molar-refractivity contribution in [3.8, 4) is 0 Å². The van der Waals surface area contributed by atoms with Crippen molar-refractivity contribution in [1.82, 2.24) is 9.62 Å². The highest BCUT2D eigenvalue weighted by atomic mass is 32.2. The smallest absolute Gasteiger partial charge is 0.243 e. The predicted molar refractivity (Wildman–Crippen MR) is 120 cm³/mol. The molecule has 1 heterocycles. The molecule has 162 valence electrons. The van der Waals surface area contributed by atoms with Crippen LogP contribution in [0.2, 0.25) is 0 Å². The number of carbonyl (C=O) groups excluding carboxylic acids is 1. The molecule has 1 N–H and O–H groups in total. The second kappa shape index (κ2) is 10.2. The Kier molecular flexibility index (Phi) is 7.67. The quantitative estimate of drug-likeness (QED) is 0.647. The average molecular weight is 429 g/mol. The molecule has 5 nitrogen and oxygen atoms in total. The Hall–Kier alpha value is -2.18. The van der Waals surface area contributed by atoms with Gasteiger partial charge in [0.2, 0.25) is 15.9 Å². The van der Waals surface area contributed by atoms with Gasteiger partial charge in [-0.05, 0) is 54.9 Å². The largest absolute Gasteiger partial charge is 0.356 e. The van der Waals surface area contributed by atoms with E-state index in [1.165, 1.54) is 9.87 Å². The van der Waals surface area contributed by atoms with Crippen molar-refractivity contribution in [1.29, 1.82) is 0 Å². The Morgan fingerprint density at radius 3 is 2.27 bits per heavy atom. The van der Waals surface area contributed by atoms with Gasteiger partial charge in [-0.3, -0.25) is 4.79 Å². The van der Waals surface area contributed by atoms with E-state index in [0.717, 1.165) is 18.4 Å². The molecule has 2 aromatic rings. The second-order valence-electron chi connectivity index (χ2n) is 8.28. The third-order valence-corrected chi connectivity index (χ3v) is 7.71. The van der Waals surface area contributed by atoms with Crippen LogP contribution in [0.4, 0.5) is 0 Å². The summed E-state index contributed by atoms with van der Waals surface area (Å²) < 4.78 is 27.3. The first-order chi connectivity index (χ1) is 14.4. The molecule has 3 rings (SSSR count). The molecule has 0 saturated carbocycles. The van der Waals surface area contributed by atoms with Gasteiger partial charge in [-0.2, -0.15) is 4.31 Å². The molecule has 1 amide bonds. The minimum Gasteiger partial charge on any atom is -0.356 e. The maximum Gasteiger partial charge on any atom is 0.243 e. The van der Waals surface area contributed by atoms with Crippen molar-refractivity contribution in [3.05, 3.63) is 65.7 Å². The summed E-state index contributed by atoms with van der Waals surface area (Å²) >= 11 is 0. The fourth-order valence-corrected chi connectivity index (χ4v) is 5.29. The lowest BCUT2D eigenvalue weighted by molar-refractivity contribution is -0.126. The van der Waals surface area contributed by atoms with Crippen molar-refractivity contribution < 1.29 is 13.2 Å². The lowest BCUT2D eigenvalue weighted by atomic mass is 9.97. The fraction of sp³-hybridized carbons (Fsp3) is 0.458. The Labute approximate surface area is 180 Å². The second-order valence-corrected chi connectivity index (χ2v) is 10.2. The van der Waals surface area contributed by atoms with Crippen LogP contribution < -0.4 is 5.32 Å². The van der Waals surface area contributed by atoms with Crippen LogP contribution in [0.1, 0.15) is 50.2 Å². The SMILES string of the molecule is CC(C)c1ccc(S(=O)(=O)N2CCC(C(=O)NCCCc3ccccc3)CC2)cc1.